The summed E-state index contributed by atoms with van der Waals surface area (Å²) in [4.78, 5) is 44.8. The summed E-state index contributed by atoms with van der Waals surface area (Å²) in [5.74, 6) is -2.49. The quantitative estimate of drug-likeness (QED) is 0.269. The number of nitrogens with one attached hydrogen (secondary N) is 1. The van der Waals surface area contributed by atoms with E-state index in [2.05, 4.69) is 25.6 Å². The fraction of sp³-hybridized carbons (Fsp3) is 0.156. The van der Waals surface area contributed by atoms with Gasteiger partial charge in [0, 0.05) is 17.4 Å². The summed E-state index contributed by atoms with van der Waals surface area (Å²) in [6.07, 6.45) is 1.43. The second-order valence-electron chi connectivity index (χ2n) is 10.8. The van der Waals surface area contributed by atoms with Gasteiger partial charge in [-0.15, -0.1) is 0 Å². The number of amides is 3. The second kappa shape index (κ2) is 11.5. The largest absolute Gasteiger partial charge is 0.434 e. The average molecular weight is 623 g/mol. The first-order chi connectivity index (χ1) is 22.3. The predicted molar refractivity (Wildman–Crippen MR) is 162 cm³/mol. The topological polar surface area (TPSA) is 162 Å². The van der Waals surface area contributed by atoms with Crippen molar-refractivity contribution < 1.29 is 27.6 Å². The molecule has 12 nitrogen and oxygen atoms in total. The minimum Gasteiger partial charge on any atom is -0.434 e. The van der Waals surface area contributed by atoms with Crippen LogP contribution in [0.1, 0.15) is 16.9 Å². The van der Waals surface area contributed by atoms with E-state index in [-0.39, 0.29) is 47.9 Å². The van der Waals surface area contributed by atoms with E-state index in [1.165, 1.54) is 23.0 Å². The Morgan fingerprint density at radius 1 is 1.02 bits per heavy atom. The fourth-order valence-electron chi connectivity index (χ4n) is 5.66. The summed E-state index contributed by atoms with van der Waals surface area (Å²) in [5, 5.41) is 15.1. The standard InChI is InChI=1S/C32H24F2N8O4/c33-19-13-26(31(45)38-23-6-3-7-24-29(23)46-32(39-24)20-4-1-2-5-22(20)34)41(15-19)27(43)16-42-25-9-8-17(18-10-11-36-37-14-18)12-21(25)28(40-42)30(35)44/h1-12,14,19,26H,13,15-16H2,(H2,35,44)(H,38,45). The maximum absolute atomic E-state index is 14.7. The van der Waals surface area contributed by atoms with Crippen molar-refractivity contribution in [1.29, 1.82) is 0 Å². The second-order valence-corrected chi connectivity index (χ2v) is 10.8. The van der Waals surface area contributed by atoms with Crippen LogP contribution < -0.4 is 11.1 Å². The highest BCUT2D eigenvalue weighted by Gasteiger charge is 2.40. The Hall–Kier alpha value is -6.05. The van der Waals surface area contributed by atoms with E-state index in [4.69, 9.17) is 10.2 Å². The van der Waals surface area contributed by atoms with Crippen molar-refractivity contribution in [2.45, 2.75) is 25.2 Å². The predicted octanol–water partition coefficient (Wildman–Crippen LogP) is 4.12. The molecule has 7 rings (SSSR count). The Morgan fingerprint density at radius 3 is 2.65 bits per heavy atom. The molecule has 0 radical (unpaired) electrons. The first kappa shape index (κ1) is 28.7. The van der Waals surface area contributed by atoms with Crippen LogP contribution in [0.2, 0.25) is 0 Å². The Balaban J connectivity index is 1.14. The highest BCUT2D eigenvalue weighted by molar-refractivity contribution is 6.06. The SMILES string of the molecule is NC(=O)c1nn(CC(=O)N2CC(F)CC2C(=O)Nc2cccc3nc(-c4ccccc4F)oc23)c2ccc(-c3ccnnc3)cc12. The van der Waals surface area contributed by atoms with Crippen LogP contribution in [-0.4, -0.2) is 66.3 Å². The van der Waals surface area contributed by atoms with Crippen LogP contribution in [0.5, 0.6) is 0 Å². The summed E-state index contributed by atoms with van der Waals surface area (Å²) in [6, 6.07) is 16.6. The minimum atomic E-state index is -1.44. The Kier molecular flexibility index (Phi) is 7.15. The van der Waals surface area contributed by atoms with E-state index < -0.39 is 35.8 Å². The summed E-state index contributed by atoms with van der Waals surface area (Å²) in [7, 11) is 0. The molecule has 2 atom stereocenters. The van der Waals surface area contributed by atoms with Gasteiger partial charge in [0.15, 0.2) is 11.3 Å². The zero-order chi connectivity index (χ0) is 31.9. The minimum absolute atomic E-state index is 0.0302. The number of fused-ring (bicyclic) bond motifs is 2. The first-order valence-electron chi connectivity index (χ1n) is 14.2. The Labute approximate surface area is 258 Å². The lowest BCUT2D eigenvalue weighted by Crippen LogP contribution is -2.44. The first-order valence-corrected chi connectivity index (χ1v) is 14.2. The zero-order valence-electron chi connectivity index (χ0n) is 23.9. The van der Waals surface area contributed by atoms with Gasteiger partial charge >= 0.3 is 0 Å². The zero-order valence-corrected chi connectivity index (χ0v) is 23.9. The third-order valence-corrected chi connectivity index (χ3v) is 7.84. The summed E-state index contributed by atoms with van der Waals surface area (Å²) in [5.41, 5.74) is 8.46. The van der Waals surface area contributed by atoms with Crippen molar-refractivity contribution in [3.8, 4) is 22.6 Å². The fourth-order valence-corrected chi connectivity index (χ4v) is 5.66. The van der Waals surface area contributed by atoms with Gasteiger partial charge in [-0.1, -0.05) is 24.3 Å². The molecule has 2 unspecified atom stereocenters. The van der Waals surface area contributed by atoms with Gasteiger partial charge in [0.25, 0.3) is 5.91 Å². The van der Waals surface area contributed by atoms with Crippen LogP contribution in [-0.2, 0) is 16.1 Å². The van der Waals surface area contributed by atoms with Crippen molar-refractivity contribution >= 4 is 45.4 Å². The lowest BCUT2D eigenvalue weighted by atomic mass is 10.0. The molecule has 1 fully saturated rings. The highest BCUT2D eigenvalue weighted by atomic mass is 19.1. The molecule has 0 spiro atoms. The molecular formula is C32H24F2N8O4. The summed E-state index contributed by atoms with van der Waals surface area (Å²) < 4.78 is 36.2. The molecule has 46 heavy (non-hydrogen) atoms. The molecular weight excluding hydrogens is 598 g/mol. The van der Waals surface area contributed by atoms with Gasteiger partial charge in [-0.3, -0.25) is 19.1 Å². The number of anilines is 1. The molecule has 4 heterocycles. The molecule has 3 N–H and O–H groups in total. The van der Waals surface area contributed by atoms with Gasteiger partial charge < -0.3 is 20.4 Å². The van der Waals surface area contributed by atoms with E-state index in [1.54, 1.807) is 60.8 Å². The molecule has 0 bridgehead atoms. The molecule has 1 aliphatic heterocycles. The van der Waals surface area contributed by atoms with E-state index >= 15 is 0 Å². The molecule has 1 aliphatic rings. The number of alkyl halides is 1. The van der Waals surface area contributed by atoms with Crippen LogP contribution in [0.4, 0.5) is 14.5 Å². The van der Waals surface area contributed by atoms with Crippen molar-refractivity contribution in [2.24, 2.45) is 5.73 Å². The van der Waals surface area contributed by atoms with Crippen LogP contribution in [0.15, 0.2) is 83.5 Å². The monoisotopic (exact) mass is 622 g/mol. The van der Waals surface area contributed by atoms with Crippen LogP contribution in [0.3, 0.4) is 0 Å². The Bertz CT molecular complexity index is 2150. The van der Waals surface area contributed by atoms with Crippen LogP contribution >= 0.6 is 0 Å². The molecule has 3 amide bonds. The number of hydrogen-bond acceptors (Lipinski definition) is 8. The normalized spacial score (nSPS) is 16.3. The van der Waals surface area contributed by atoms with Gasteiger partial charge in [0.05, 0.1) is 35.7 Å². The smallest absolute Gasteiger partial charge is 0.269 e. The number of hydrogen-bond donors (Lipinski definition) is 2. The number of aromatic nitrogens is 5. The number of nitrogens with zero attached hydrogens (tertiary/aromatic N) is 6. The maximum atomic E-state index is 14.7. The van der Waals surface area contributed by atoms with Crippen molar-refractivity contribution in [3.05, 3.63) is 90.6 Å². The molecule has 230 valence electrons. The molecule has 1 saturated heterocycles. The maximum Gasteiger partial charge on any atom is 0.269 e. The van der Waals surface area contributed by atoms with E-state index in [0.717, 1.165) is 16.0 Å². The molecule has 3 aromatic carbocycles. The van der Waals surface area contributed by atoms with Gasteiger partial charge in [-0.25, -0.2) is 13.8 Å². The third kappa shape index (κ3) is 5.19. The molecule has 6 aromatic rings. The third-order valence-electron chi connectivity index (χ3n) is 7.84. The number of nitrogens with two attached hydrogens (primary N) is 1. The Morgan fingerprint density at radius 2 is 1.87 bits per heavy atom. The van der Waals surface area contributed by atoms with Gasteiger partial charge in [0.2, 0.25) is 17.7 Å². The number of para-hydroxylation sites is 1. The van der Waals surface area contributed by atoms with Gasteiger partial charge in [-0.05, 0) is 48.0 Å². The number of halogens is 2. The van der Waals surface area contributed by atoms with E-state index in [0.29, 0.717) is 16.4 Å². The van der Waals surface area contributed by atoms with Gasteiger partial charge in [-0.2, -0.15) is 15.3 Å². The summed E-state index contributed by atoms with van der Waals surface area (Å²) >= 11 is 0. The van der Waals surface area contributed by atoms with Crippen molar-refractivity contribution in [3.63, 3.8) is 0 Å². The summed E-state index contributed by atoms with van der Waals surface area (Å²) in [6.45, 7) is -0.679. The van der Waals surface area contributed by atoms with E-state index in [1.807, 2.05) is 0 Å². The number of carbonyl (C=O) groups excluding carboxylic acids is 3. The van der Waals surface area contributed by atoms with E-state index in [9.17, 15) is 23.2 Å². The van der Waals surface area contributed by atoms with Gasteiger partial charge in [0.1, 0.15) is 30.1 Å². The lowest BCUT2D eigenvalue weighted by Gasteiger charge is -2.23. The molecule has 3 aromatic heterocycles. The molecule has 0 aliphatic carbocycles. The molecule has 14 heteroatoms. The number of primary amides is 1. The number of oxazole rings is 1. The number of rotatable bonds is 7. The van der Waals surface area contributed by atoms with Crippen molar-refractivity contribution in [1.82, 2.24) is 29.9 Å². The lowest BCUT2D eigenvalue weighted by molar-refractivity contribution is -0.137. The van der Waals surface area contributed by atoms with Crippen LogP contribution in [0, 0.1) is 5.82 Å². The number of likely N-dealkylation sites (tertiary alicyclic amines) is 1. The number of carbonyl (C=O) groups is 3. The number of benzene rings is 3. The van der Waals surface area contributed by atoms with Crippen LogP contribution in [0.25, 0.3) is 44.6 Å². The highest BCUT2D eigenvalue weighted by Crippen LogP contribution is 2.32. The van der Waals surface area contributed by atoms with Crippen molar-refractivity contribution in [2.75, 3.05) is 11.9 Å². The average Bonchev–Trinajstić information content (AvgIpc) is 3.77. The molecule has 0 saturated carbocycles.